The number of halogens is 1. The van der Waals surface area contributed by atoms with E-state index in [0.29, 0.717) is 22.6 Å². The standard InChI is InChI=1S/C28H28ClN3O4S/c29-25-15-20(27(33)31-22-13-14-37(35,36)17-22)11-12-21(25)16-30-28(34)32-26-23-7-3-1-5-18(23)9-10-19-6-2-4-8-24(19)26/h1-8,11-12,15,22,26H,9-10,13-14,16-17H2,(H,31,33)(H2,30,32,34). The summed E-state index contributed by atoms with van der Waals surface area (Å²) in [5.41, 5.74) is 5.62. The van der Waals surface area contributed by atoms with Crippen LogP contribution in [0.25, 0.3) is 0 Å². The lowest BCUT2D eigenvalue weighted by atomic mass is 9.95. The molecule has 2 aliphatic rings. The number of urea groups is 1. The minimum Gasteiger partial charge on any atom is -0.348 e. The Morgan fingerprint density at radius 2 is 1.54 bits per heavy atom. The Labute approximate surface area is 221 Å². The summed E-state index contributed by atoms with van der Waals surface area (Å²) in [5, 5.41) is 9.12. The van der Waals surface area contributed by atoms with Crippen molar-refractivity contribution in [1.29, 1.82) is 0 Å². The van der Waals surface area contributed by atoms with Gasteiger partial charge < -0.3 is 16.0 Å². The minimum atomic E-state index is -3.09. The summed E-state index contributed by atoms with van der Waals surface area (Å²) < 4.78 is 23.3. The highest BCUT2D eigenvalue weighted by atomic mass is 35.5. The molecule has 0 radical (unpaired) electrons. The Bertz CT molecular complexity index is 1410. The summed E-state index contributed by atoms with van der Waals surface area (Å²) >= 11 is 6.42. The molecule has 7 nitrogen and oxygen atoms in total. The van der Waals surface area contributed by atoms with E-state index in [9.17, 15) is 18.0 Å². The van der Waals surface area contributed by atoms with E-state index >= 15 is 0 Å². The number of nitrogens with one attached hydrogen (secondary N) is 3. The molecule has 192 valence electrons. The Morgan fingerprint density at radius 1 is 0.892 bits per heavy atom. The van der Waals surface area contributed by atoms with E-state index in [0.717, 1.165) is 24.0 Å². The van der Waals surface area contributed by atoms with Crippen molar-refractivity contribution in [2.75, 3.05) is 11.5 Å². The van der Waals surface area contributed by atoms with Crippen LogP contribution in [0.5, 0.6) is 0 Å². The van der Waals surface area contributed by atoms with Crippen molar-refractivity contribution in [1.82, 2.24) is 16.0 Å². The van der Waals surface area contributed by atoms with Gasteiger partial charge in [0.15, 0.2) is 9.84 Å². The SMILES string of the molecule is O=C(NCc1ccc(C(=O)NC2CCS(=O)(=O)C2)cc1Cl)NC1c2ccccc2CCc2ccccc21. The van der Waals surface area contributed by atoms with Crippen molar-refractivity contribution in [3.05, 3.63) is 105 Å². The molecule has 3 N–H and O–H groups in total. The second-order valence-corrected chi connectivity index (χ2v) is 12.2. The molecule has 0 spiro atoms. The van der Waals surface area contributed by atoms with Gasteiger partial charge in [0.2, 0.25) is 0 Å². The molecule has 3 aromatic carbocycles. The highest BCUT2D eigenvalue weighted by molar-refractivity contribution is 7.91. The molecule has 0 bridgehead atoms. The second kappa shape index (κ2) is 10.6. The van der Waals surface area contributed by atoms with E-state index in [2.05, 4.69) is 40.2 Å². The van der Waals surface area contributed by atoms with Crippen LogP contribution in [-0.2, 0) is 29.2 Å². The Kier molecular flexibility index (Phi) is 7.22. The predicted molar refractivity (Wildman–Crippen MR) is 143 cm³/mol. The Hall–Kier alpha value is -3.36. The molecule has 0 aromatic heterocycles. The number of carbonyl (C=O) groups excluding carboxylic acids is 2. The zero-order chi connectivity index (χ0) is 26.0. The smallest absolute Gasteiger partial charge is 0.315 e. The lowest BCUT2D eigenvalue weighted by molar-refractivity contribution is 0.0941. The maximum Gasteiger partial charge on any atom is 0.315 e. The van der Waals surface area contributed by atoms with Gasteiger partial charge in [-0.05, 0) is 59.2 Å². The summed E-state index contributed by atoms with van der Waals surface area (Å²) in [6, 6.07) is 20.2. The molecular formula is C28H28ClN3O4S. The van der Waals surface area contributed by atoms with Crippen LogP contribution < -0.4 is 16.0 Å². The number of aryl methyl sites for hydroxylation is 2. The van der Waals surface area contributed by atoms with E-state index in [1.54, 1.807) is 12.1 Å². The first-order chi connectivity index (χ1) is 17.8. The van der Waals surface area contributed by atoms with Crippen LogP contribution in [0.2, 0.25) is 5.02 Å². The highest BCUT2D eigenvalue weighted by Crippen LogP contribution is 2.32. The fourth-order valence-corrected chi connectivity index (χ4v) is 6.97. The van der Waals surface area contributed by atoms with Gasteiger partial charge in [-0.15, -0.1) is 0 Å². The van der Waals surface area contributed by atoms with Crippen molar-refractivity contribution < 1.29 is 18.0 Å². The lowest BCUT2D eigenvalue weighted by Gasteiger charge is -2.22. The molecule has 1 fully saturated rings. The normalized spacial score (nSPS) is 18.2. The topological polar surface area (TPSA) is 104 Å². The number of benzene rings is 3. The minimum absolute atomic E-state index is 0.0421. The van der Waals surface area contributed by atoms with Crippen LogP contribution in [0.4, 0.5) is 4.79 Å². The van der Waals surface area contributed by atoms with Gasteiger partial charge in [0.05, 0.1) is 17.5 Å². The van der Waals surface area contributed by atoms with E-state index in [-0.39, 0.29) is 42.1 Å². The molecule has 9 heteroatoms. The predicted octanol–water partition coefficient (Wildman–Crippen LogP) is 3.94. The summed E-state index contributed by atoms with van der Waals surface area (Å²) in [5.74, 6) is -0.324. The van der Waals surface area contributed by atoms with Crippen LogP contribution in [0, 0.1) is 0 Å². The second-order valence-electron chi connectivity index (χ2n) is 9.54. The van der Waals surface area contributed by atoms with Crippen molar-refractivity contribution in [3.8, 4) is 0 Å². The molecule has 1 heterocycles. The zero-order valence-electron chi connectivity index (χ0n) is 20.2. The van der Waals surface area contributed by atoms with E-state index in [1.807, 2.05) is 24.3 Å². The molecular weight excluding hydrogens is 510 g/mol. The zero-order valence-corrected chi connectivity index (χ0v) is 21.7. The van der Waals surface area contributed by atoms with Crippen LogP contribution in [0.15, 0.2) is 66.7 Å². The number of fused-ring (bicyclic) bond motifs is 2. The maximum absolute atomic E-state index is 13.0. The first kappa shape index (κ1) is 25.3. The number of hydrogen-bond donors (Lipinski definition) is 3. The van der Waals surface area contributed by atoms with Gasteiger partial charge in [0.1, 0.15) is 0 Å². The molecule has 1 unspecified atom stereocenters. The number of sulfone groups is 1. The van der Waals surface area contributed by atoms with Gasteiger partial charge in [-0.25, -0.2) is 13.2 Å². The molecule has 1 atom stereocenters. The van der Waals surface area contributed by atoms with Crippen molar-refractivity contribution in [2.45, 2.75) is 37.9 Å². The van der Waals surface area contributed by atoms with Gasteiger partial charge >= 0.3 is 6.03 Å². The number of rotatable bonds is 5. The average Bonchev–Trinajstić information content (AvgIpc) is 3.14. The fourth-order valence-electron chi connectivity index (χ4n) is 5.05. The number of amides is 3. The Morgan fingerprint density at radius 3 is 2.14 bits per heavy atom. The third-order valence-electron chi connectivity index (χ3n) is 6.99. The largest absolute Gasteiger partial charge is 0.348 e. The van der Waals surface area contributed by atoms with Crippen LogP contribution >= 0.6 is 11.6 Å². The molecule has 0 saturated carbocycles. The van der Waals surface area contributed by atoms with Gasteiger partial charge in [0, 0.05) is 23.2 Å². The maximum atomic E-state index is 13.0. The van der Waals surface area contributed by atoms with Crippen molar-refractivity contribution >= 4 is 33.4 Å². The van der Waals surface area contributed by atoms with E-state index in [1.165, 1.54) is 17.2 Å². The molecule has 3 aromatic rings. The first-order valence-electron chi connectivity index (χ1n) is 12.3. The first-order valence-corrected chi connectivity index (χ1v) is 14.5. The van der Waals surface area contributed by atoms with Crippen LogP contribution in [-0.4, -0.2) is 37.9 Å². The summed E-state index contributed by atoms with van der Waals surface area (Å²) in [4.78, 5) is 25.5. The summed E-state index contributed by atoms with van der Waals surface area (Å²) in [6.45, 7) is 0.184. The van der Waals surface area contributed by atoms with Gasteiger partial charge in [-0.3, -0.25) is 4.79 Å². The molecule has 5 rings (SSSR count). The van der Waals surface area contributed by atoms with E-state index < -0.39 is 9.84 Å². The highest BCUT2D eigenvalue weighted by Gasteiger charge is 2.29. The van der Waals surface area contributed by atoms with Crippen LogP contribution in [0.1, 0.15) is 50.6 Å². The molecule has 3 amide bonds. The number of hydrogen-bond acceptors (Lipinski definition) is 4. The van der Waals surface area contributed by atoms with Gasteiger partial charge in [-0.2, -0.15) is 0 Å². The molecule has 1 aliphatic carbocycles. The van der Waals surface area contributed by atoms with Gasteiger partial charge in [-0.1, -0.05) is 66.2 Å². The summed E-state index contributed by atoms with van der Waals surface area (Å²) in [7, 11) is -3.09. The van der Waals surface area contributed by atoms with Crippen molar-refractivity contribution in [2.24, 2.45) is 0 Å². The van der Waals surface area contributed by atoms with Crippen molar-refractivity contribution in [3.63, 3.8) is 0 Å². The van der Waals surface area contributed by atoms with E-state index in [4.69, 9.17) is 11.6 Å². The summed E-state index contributed by atoms with van der Waals surface area (Å²) in [6.07, 6.45) is 2.24. The third kappa shape index (κ3) is 5.81. The molecule has 1 saturated heterocycles. The molecule has 37 heavy (non-hydrogen) atoms. The van der Waals surface area contributed by atoms with Crippen LogP contribution in [0.3, 0.4) is 0 Å². The number of carbonyl (C=O) groups is 2. The third-order valence-corrected chi connectivity index (χ3v) is 9.11. The molecule has 1 aliphatic heterocycles. The average molecular weight is 538 g/mol. The quantitative estimate of drug-likeness (QED) is 0.458. The fraction of sp³-hybridized carbons (Fsp3) is 0.286. The Balaban J connectivity index is 1.24. The lowest BCUT2D eigenvalue weighted by Crippen LogP contribution is -2.38. The van der Waals surface area contributed by atoms with Gasteiger partial charge in [0.25, 0.3) is 5.91 Å². The monoisotopic (exact) mass is 537 g/mol.